The van der Waals surface area contributed by atoms with E-state index in [2.05, 4.69) is 50.3 Å². The Balaban J connectivity index is 1.78. The van der Waals surface area contributed by atoms with Crippen molar-refractivity contribution < 1.29 is 73.8 Å². The molecule has 2 fully saturated rings. The van der Waals surface area contributed by atoms with Gasteiger partial charge in [-0.15, -0.1) is 0 Å². The van der Waals surface area contributed by atoms with E-state index in [1.54, 1.807) is 0 Å². The molecule has 2 saturated heterocycles. The summed E-state index contributed by atoms with van der Waals surface area (Å²) in [5, 5.41) is 72.2. The number of allylic oxidation sites excluding steroid dienone is 6. The molecule has 2 aliphatic heterocycles. The normalized spacial score (nSPS) is 25.4. The molecule has 2 heterocycles. The number of hydrogen-bond donors (Lipinski definition) is 7. The molecule has 11 unspecified atom stereocenters. The number of rotatable bonds is 44. The number of aliphatic hydroxyl groups excluding tert-OH is 7. The van der Waals surface area contributed by atoms with Crippen LogP contribution in [-0.2, 0) is 38.0 Å². The predicted molar refractivity (Wildman–Crippen MR) is 275 cm³/mol. The van der Waals surface area contributed by atoms with Gasteiger partial charge in [0.15, 0.2) is 18.7 Å². The Hall–Kier alpha value is -2.28. The maximum Gasteiger partial charge on any atom is 0.306 e. The lowest BCUT2D eigenvalue weighted by Crippen LogP contribution is -2.61. The number of unbranched alkanes of at least 4 members (excludes halogenated alkanes) is 24. The molecule has 0 saturated carbocycles. The summed E-state index contributed by atoms with van der Waals surface area (Å²) in [6.07, 6.45) is 30.2. The summed E-state index contributed by atoms with van der Waals surface area (Å²) in [5.41, 5.74) is 0. The van der Waals surface area contributed by atoms with Gasteiger partial charge in [0.05, 0.1) is 19.8 Å². The smallest absolute Gasteiger partial charge is 0.306 e. The van der Waals surface area contributed by atoms with E-state index in [0.717, 1.165) is 77.0 Å². The Bertz CT molecular complexity index is 1380. The van der Waals surface area contributed by atoms with Crippen LogP contribution < -0.4 is 0 Å². The summed E-state index contributed by atoms with van der Waals surface area (Å²) < 4.78 is 33.7. The quantitative estimate of drug-likeness (QED) is 0.0172. The van der Waals surface area contributed by atoms with Crippen molar-refractivity contribution in [3.8, 4) is 0 Å². The zero-order chi connectivity index (χ0) is 51.7. The lowest BCUT2D eigenvalue weighted by molar-refractivity contribution is -0.332. The molecule has 15 nitrogen and oxygen atoms in total. The van der Waals surface area contributed by atoms with Gasteiger partial charge in [0.2, 0.25) is 0 Å². The first-order valence-corrected chi connectivity index (χ1v) is 28.1. The van der Waals surface area contributed by atoms with Gasteiger partial charge in [-0.05, 0) is 70.6 Å². The molecule has 15 heteroatoms. The fourth-order valence-corrected chi connectivity index (χ4v) is 8.71. The molecule has 2 aliphatic rings. The Morgan fingerprint density at radius 2 is 0.845 bits per heavy atom. The average molecular weight is 1010 g/mol. The second kappa shape index (κ2) is 43.0. The molecule has 7 N–H and O–H groups in total. The van der Waals surface area contributed by atoms with E-state index in [9.17, 15) is 45.3 Å². The minimum atomic E-state index is -1.77. The Labute approximate surface area is 427 Å². The highest BCUT2D eigenvalue weighted by Crippen LogP contribution is 2.27. The van der Waals surface area contributed by atoms with Crippen LogP contribution in [0, 0.1) is 0 Å². The van der Waals surface area contributed by atoms with Crippen LogP contribution in [-0.4, -0.2) is 142 Å². The van der Waals surface area contributed by atoms with E-state index in [0.29, 0.717) is 12.8 Å². The minimum Gasteiger partial charge on any atom is -0.462 e. The van der Waals surface area contributed by atoms with Crippen molar-refractivity contribution in [2.75, 3.05) is 26.4 Å². The molecule has 0 aromatic rings. The van der Waals surface area contributed by atoms with Crippen LogP contribution in [0.5, 0.6) is 0 Å². The molecule has 71 heavy (non-hydrogen) atoms. The van der Waals surface area contributed by atoms with E-state index in [4.69, 9.17) is 28.4 Å². The van der Waals surface area contributed by atoms with Gasteiger partial charge in [0.25, 0.3) is 0 Å². The third kappa shape index (κ3) is 30.6. The first-order chi connectivity index (χ1) is 34.5. The van der Waals surface area contributed by atoms with Crippen LogP contribution in [0.3, 0.4) is 0 Å². The van der Waals surface area contributed by atoms with E-state index in [1.807, 2.05) is 0 Å². The highest BCUT2D eigenvalue weighted by atomic mass is 16.7. The SMILES string of the molecule is CCCCC/C=C\C/C=C\CCCCCCCCCC(=O)OC(COC(=O)CCCCCCCCC/C=C\CCCCCCCCC)COC1OC(COC2OC(CO)C(O)C(O)C2O)C(O)C(O)C1O. The molecule has 414 valence electrons. The van der Waals surface area contributed by atoms with Gasteiger partial charge in [-0.2, -0.15) is 0 Å². The highest BCUT2D eigenvalue weighted by Gasteiger charge is 2.47. The van der Waals surface area contributed by atoms with Crippen molar-refractivity contribution in [3.05, 3.63) is 36.5 Å². The average Bonchev–Trinajstić information content (AvgIpc) is 3.36. The predicted octanol–water partition coefficient (Wildman–Crippen LogP) is 8.88. The first-order valence-electron chi connectivity index (χ1n) is 28.1. The van der Waals surface area contributed by atoms with Crippen molar-refractivity contribution in [1.82, 2.24) is 0 Å². The summed E-state index contributed by atoms with van der Waals surface area (Å²) >= 11 is 0. The maximum atomic E-state index is 13.0. The summed E-state index contributed by atoms with van der Waals surface area (Å²) in [6, 6.07) is 0. The molecule has 11 atom stereocenters. The fourth-order valence-electron chi connectivity index (χ4n) is 8.71. The van der Waals surface area contributed by atoms with Crippen molar-refractivity contribution >= 4 is 11.9 Å². The second-order valence-corrected chi connectivity index (χ2v) is 19.8. The van der Waals surface area contributed by atoms with Gasteiger partial charge in [0.1, 0.15) is 55.4 Å². The number of carbonyl (C=O) groups is 2. The molecule has 0 amide bonds. The fraction of sp³-hybridized carbons (Fsp3) is 0.857. The van der Waals surface area contributed by atoms with Gasteiger partial charge >= 0.3 is 11.9 Å². The lowest BCUT2D eigenvalue weighted by Gasteiger charge is -2.42. The van der Waals surface area contributed by atoms with Gasteiger partial charge in [-0.25, -0.2) is 0 Å². The van der Waals surface area contributed by atoms with Crippen LogP contribution in [0.2, 0.25) is 0 Å². The summed E-state index contributed by atoms with van der Waals surface area (Å²) in [4.78, 5) is 25.8. The van der Waals surface area contributed by atoms with E-state index >= 15 is 0 Å². The van der Waals surface area contributed by atoms with E-state index < -0.39 is 92.7 Å². The largest absolute Gasteiger partial charge is 0.462 e. The van der Waals surface area contributed by atoms with Crippen LogP contribution in [0.4, 0.5) is 0 Å². The van der Waals surface area contributed by atoms with Crippen molar-refractivity contribution in [2.45, 2.75) is 280 Å². The van der Waals surface area contributed by atoms with E-state index in [-0.39, 0.29) is 26.1 Å². The second-order valence-electron chi connectivity index (χ2n) is 19.8. The van der Waals surface area contributed by atoms with Gasteiger partial charge in [-0.1, -0.05) is 166 Å². The molecule has 0 bridgehead atoms. The number of carbonyl (C=O) groups excluding carboxylic acids is 2. The topological polar surface area (TPSA) is 231 Å². The molecule has 0 aromatic heterocycles. The molecule has 0 radical (unpaired) electrons. The van der Waals surface area contributed by atoms with Crippen LogP contribution in [0.15, 0.2) is 36.5 Å². The molecular formula is C56H100O15. The molecular weight excluding hydrogens is 913 g/mol. The lowest BCUT2D eigenvalue weighted by atomic mass is 9.98. The Kier molecular flexibility index (Phi) is 39.3. The summed E-state index contributed by atoms with van der Waals surface area (Å²) in [5.74, 6) is -0.934. The van der Waals surface area contributed by atoms with Gasteiger partial charge in [-0.3, -0.25) is 9.59 Å². The third-order valence-electron chi connectivity index (χ3n) is 13.3. The van der Waals surface area contributed by atoms with Gasteiger partial charge < -0.3 is 64.2 Å². The van der Waals surface area contributed by atoms with Crippen molar-refractivity contribution in [1.29, 1.82) is 0 Å². The van der Waals surface area contributed by atoms with Gasteiger partial charge in [0, 0.05) is 12.8 Å². The summed E-state index contributed by atoms with van der Waals surface area (Å²) in [6.45, 7) is 2.57. The Morgan fingerprint density at radius 1 is 0.451 bits per heavy atom. The molecule has 0 aromatic carbocycles. The Morgan fingerprint density at radius 3 is 1.35 bits per heavy atom. The van der Waals surface area contributed by atoms with Crippen LogP contribution >= 0.6 is 0 Å². The molecule has 2 rings (SSSR count). The molecule has 0 spiro atoms. The zero-order valence-electron chi connectivity index (χ0n) is 44.0. The number of hydrogen-bond acceptors (Lipinski definition) is 15. The standard InChI is InChI=1S/C56H100O15/c1-3-5-7-9-11-13-15-17-19-21-23-24-26-28-30-32-34-36-38-47(58)66-41-44(69-48(59)39-37-35-33-31-29-27-25-22-20-18-16-14-12-10-8-6-4-2)42-67-55-54(65)52(63)50(61)46(71-55)43-68-56-53(64)51(62)49(60)45(40-57)70-56/h12,14,18-21,44-46,49-57,60-65H,3-11,13,15-17,22-43H2,1-2H3/b14-12-,20-18-,21-19-. The summed E-state index contributed by atoms with van der Waals surface area (Å²) in [7, 11) is 0. The van der Waals surface area contributed by atoms with E-state index in [1.165, 1.54) is 96.3 Å². The monoisotopic (exact) mass is 1010 g/mol. The first kappa shape index (κ1) is 64.8. The minimum absolute atomic E-state index is 0.156. The van der Waals surface area contributed by atoms with Crippen LogP contribution in [0.1, 0.15) is 213 Å². The van der Waals surface area contributed by atoms with Crippen molar-refractivity contribution in [2.24, 2.45) is 0 Å². The zero-order valence-corrected chi connectivity index (χ0v) is 44.0. The number of ether oxygens (including phenoxy) is 6. The highest BCUT2D eigenvalue weighted by molar-refractivity contribution is 5.70. The van der Waals surface area contributed by atoms with Crippen LogP contribution in [0.25, 0.3) is 0 Å². The third-order valence-corrected chi connectivity index (χ3v) is 13.3. The number of aliphatic hydroxyl groups is 7. The number of esters is 2. The molecule has 0 aliphatic carbocycles. The van der Waals surface area contributed by atoms with Crippen molar-refractivity contribution in [3.63, 3.8) is 0 Å². The maximum absolute atomic E-state index is 13.0.